The number of nitrogens with two attached hydrogens (primary N) is 1. The Labute approximate surface area is 251 Å². The summed E-state index contributed by atoms with van der Waals surface area (Å²) in [5, 5.41) is 0. The standard InChI is InChI=1S/C18H21FN2.C13H18.C4H8F2.CH2O/c1-11-3-5-15-16(11)10-14(7-8-20)21-18(15)13-4-6-17(19)12(2)9-13;1-4-11-7-9(2)8-13(10(11)3)12-5-6-12;1-3(2)4(5)6;1-2/h4,6,9-11H,3,5,7-8,20H2,1-2H3;4,7-8,10,12H,5-6H2,1-3H3;3-4H,1-2H3;1H2/b;11-4-;;. The average molecular weight is 583 g/mol. The lowest BCUT2D eigenvalue weighted by Crippen LogP contribution is -2.08. The first kappa shape index (κ1) is 35.2. The highest BCUT2D eigenvalue weighted by atomic mass is 19.3. The van der Waals surface area contributed by atoms with Gasteiger partial charge in [0, 0.05) is 29.5 Å². The minimum absolute atomic E-state index is 0.165. The maximum atomic E-state index is 13.5. The topological polar surface area (TPSA) is 56.0 Å². The number of carbonyl (C=O) groups is 1. The predicted octanol–water partition coefficient (Wildman–Crippen LogP) is 9.33. The normalized spacial score (nSPS) is 20.0. The van der Waals surface area contributed by atoms with E-state index < -0.39 is 12.3 Å². The summed E-state index contributed by atoms with van der Waals surface area (Å²) in [4.78, 5) is 12.8. The van der Waals surface area contributed by atoms with Crippen molar-refractivity contribution in [2.24, 2.45) is 23.5 Å². The van der Waals surface area contributed by atoms with E-state index in [1.54, 1.807) is 12.5 Å². The lowest BCUT2D eigenvalue weighted by molar-refractivity contribution is -0.0980. The van der Waals surface area contributed by atoms with Crippen LogP contribution in [0, 0.1) is 30.5 Å². The van der Waals surface area contributed by atoms with Gasteiger partial charge >= 0.3 is 0 Å². The van der Waals surface area contributed by atoms with E-state index in [4.69, 9.17) is 15.5 Å². The summed E-state index contributed by atoms with van der Waals surface area (Å²) < 4.78 is 35.8. The maximum absolute atomic E-state index is 13.5. The Morgan fingerprint density at radius 3 is 2.24 bits per heavy atom. The molecule has 3 aliphatic rings. The number of hydrogen-bond donors (Lipinski definition) is 1. The van der Waals surface area contributed by atoms with Gasteiger partial charge in [-0.15, -0.1) is 0 Å². The van der Waals surface area contributed by atoms with Crippen LogP contribution < -0.4 is 5.73 Å². The van der Waals surface area contributed by atoms with Gasteiger partial charge in [0.25, 0.3) is 0 Å². The molecule has 3 aliphatic carbocycles. The number of hydrogen-bond acceptors (Lipinski definition) is 3. The van der Waals surface area contributed by atoms with Crippen LogP contribution in [0.15, 0.2) is 59.2 Å². The van der Waals surface area contributed by atoms with Crippen molar-refractivity contribution in [3.8, 4) is 11.3 Å². The van der Waals surface area contributed by atoms with Gasteiger partial charge in [-0.25, -0.2) is 13.2 Å². The Morgan fingerprint density at radius 2 is 1.71 bits per heavy atom. The summed E-state index contributed by atoms with van der Waals surface area (Å²) in [5.41, 5.74) is 16.7. The first-order valence-electron chi connectivity index (χ1n) is 15.1. The number of carbonyl (C=O) groups excluding carboxylic acids is 1. The van der Waals surface area contributed by atoms with Crippen LogP contribution in [0.25, 0.3) is 11.3 Å². The number of fused-ring (bicyclic) bond motifs is 1. The first-order valence-corrected chi connectivity index (χ1v) is 15.1. The molecule has 2 atom stereocenters. The molecule has 2 N–H and O–H groups in total. The molecule has 0 radical (unpaired) electrons. The van der Waals surface area contributed by atoms with Crippen molar-refractivity contribution < 1.29 is 18.0 Å². The van der Waals surface area contributed by atoms with E-state index in [2.05, 4.69) is 52.0 Å². The first-order chi connectivity index (χ1) is 20.0. The molecule has 0 spiro atoms. The van der Waals surface area contributed by atoms with E-state index in [1.165, 1.54) is 55.0 Å². The molecule has 3 nitrogen and oxygen atoms in total. The molecule has 1 aromatic heterocycles. The smallest absolute Gasteiger partial charge is 0.240 e. The van der Waals surface area contributed by atoms with Crippen LogP contribution in [0.2, 0.25) is 0 Å². The molecule has 0 saturated heterocycles. The molecule has 2 unspecified atom stereocenters. The van der Waals surface area contributed by atoms with Gasteiger partial charge in [-0.1, -0.05) is 57.1 Å². The lowest BCUT2D eigenvalue weighted by Gasteiger charge is -2.22. The van der Waals surface area contributed by atoms with Crippen molar-refractivity contribution in [1.82, 2.24) is 4.98 Å². The predicted molar refractivity (Wildman–Crippen MR) is 169 cm³/mol. The molecule has 2 aromatic rings. The van der Waals surface area contributed by atoms with E-state index in [0.29, 0.717) is 23.9 Å². The number of aromatic nitrogens is 1. The van der Waals surface area contributed by atoms with Gasteiger partial charge in [-0.05, 0) is 111 Å². The van der Waals surface area contributed by atoms with Crippen molar-refractivity contribution >= 4 is 6.79 Å². The number of nitrogens with zero attached hydrogens (tertiary/aromatic N) is 1. The summed E-state index contributed by atoms with van der Waals surface area (Å²) in [7, 11) is 0. The van der Waals surface area contributed by atoms with E-state index in [1.807, 2.05) is 18.9 Å². The molecule has 42 heavy (non-hydrogen) atoms. The van der Waals surface area contributed by atoms with E-state index in [9.17, 15) is 13.2 Å². The molecule has 0 bridgehead atoms. The number of pyridine rings is 1. The second-order valence-electron chi connectivity index (χ2n) is 11.9. The molecule has 5 rings (SSSR count). The highest BCUT2D eigenvalue weighted by molar-refractivity contribution is 5.67. The molecular weight excluding hydrogens is 533 g/mol. The SMILES string of the molecule is C/C=C1/C=C(C)C=C(C2CC2)C1C.C=O.CC(C)C(F)F.Cc1cc(-c2nc(CCN)cc3c2CCC3C)ccc1F. The van der Waals surface area contributed by atoms with Crippen LogP contribution in [-0.4, -0.2) is 24.7 Å². The van der Waals surface area contributed by atoms with Gasteiger partial charge < -0.3 is 10.5 Å². The molecule has 1 saturated carbocycles. The van der Waals surface area contributed by atoms with Gasteiger partial charge in [0.1, 0.15) is 12.6 Å². The van der Waals surface area contributed by atoms with Crippen molar-refractivity contribution in [1.29, 1.82) is 0 Å². The van der Waals surface area contributed by atoms with Gasteiger partial charge in [-0.3, -0.25) is 4.98 Å². The molecule has 0 aliphatic heterocycles. The monoisotopic (exact) mass is 582 g/mol. The Kier molecular flexibility index (Phi) is 13.9. The zero-order valence-corrected chi connectivity index (χ0v) is 26.4. The third-order valence-electron chi connectivity index (χ3n) is 8.08. The van der Waals surface area contributed by atoms with Crippen molar-refractivity contribution in [3.05, 3.63) is 87.4 Å². The van der Waals surface area contributed by atoms with E-state index in [-0.39, 0.29) is 5.82 Å². The minimum Gasteiger partial charge on any atom is -0.330 e. The number of allylic oxidation sites excluding steroid dienone is 6. The van der Waals surface area contributed by atoms with Crippen molar-refractivity contribution in [2.75, 3.05) is 6.54 Å². The molecule has 1 fully saturated rings. The van der Waals surface area contributed by atoms with Crippen LogP contribution in [0.3, 0.4) is 0 Å². The zero-order chi connectivity index (χ0) is 31.6. The maximum Gasteiger partial charge on any atom is 0.240 e. The van der Waals surface area contributed by atoms with Crippen molar-refractivity contribution in [2.45, 2.75) is 92.9 Å². The summed E-state index contributed by atoms with van der Waals surface area (Å²) in [6.07, 6.45) is 10.7. The van der Waals surface area contributed by atoms with Gasteiger partial charge in [0.15, 0.2) is 0 Å². The third kappa shape index (κ3) is 9.52. The summed E-state index contributed by atoms with van der Waals surface area (Å²) in [6.45, 7) is 16.3. The minimum atomic E-state index is -2.15. The number of aryl methyl sites for hydroxylation is 1. The third-order valence-corrected chi connectivity index (χ3v) is 8.08. The molecular formula is C36H49F3N2O. The Balaban J connectivity index is 0.000000250. The summed E-state index contributed by atoms with van der Waals surface area (Å²) >= 11 is 0. The van der Waals surface area contributed by atoms with E-state index in [0.717, 1.165) is 42.1 Å². The van der Waals surface area contributed by atoms with Crippen LogP contribution >= 0.6 is 0 Å². The molecule has 0 amide bonds. The number of benzene rings is 1. The average Bonchev–Trinajstić information content (AvgIpc) is 3.75. The highest BCUT2D eigenvalue weighted by Crippen LogP contribution is 2.44. The summed E-state index contributed by atoms with van der Waals surface area (Å²) in [6, 6.07) is 7.47. The van der Waals surface area contributed by atoms with Crippen LogP contribution in [0.5, 0.6) is 0 Å². The Hall–Kier alpha value is -2.99. The van der Waals surface area contributed by atoms with Gasteiger partial charge in [-0.2, -0.15) is 0 Å². The van der Waals surface area contributed by atoms with Gasteiger partial charge in [0.2, 0.25) is 6.43 Å². The summed E-state index contributed by atoms with van der Waals surface area (Å²) in [5.74, 6) is 1.50. The van der Waals surface area contributed by atoms with E-state index >= 15 is 0 Å². The number of rotatable bonds is 5. The highest BCUT2D eigenvalue weighted by Gasteiger charge is 2.31. The van der Waals surface area contributed by atoms with Crippen LogP contribution in [0.1, 0.15) is 89.1 Å². The largest absolute Gasteiger partial charge is 0.330 e. The fourth-order valence-corrected chi connectivity index (χ4v) is 5.40. The molecule has 6 heteroatoms. The second kappa shape index (κ2) is 16.6. The zero-order valence-electron chi connectivity index (χ0n) is 26.4. The second-order valence-corrected chi connectivity index (χ2v) is 11.9. The van der Waals surface area contributed by atoms with Gasteiger partial charge in [0.05, 0.1) is 5.69 Å². The van der Waals surface area contributed by atoms with Crippen LogP contribution in [-0.2, 0) is 17.6 Å². The Morgan fingerprint density at radius 1 is 1.07 bits per heavy atom. The quantitative estimate of drug-likeness (QED) is 0.382. The lowest BCUT2D eigenvalue weighted by atomic mass is 9.83. The Bertz CT molecular complexity index is 1270. The fourth-order valence-electron chi connectivity index (χ4n) is 5.40. The fraction of sp³-hybridized carbons (Fsp3) is 0.500. The van der Waals surface area contributed by atoms with Crippen molar-refractivity contribution in [3.63, 3.8) is 0 Å². The number of alkyl halides is 2. The molecule has 230 valence electrons. The number of halogens is 3. The molecule has 1 heterocycles. The molecule has 1 aromatic carbocycles. The van der Waals surface area contributed by atoms with Crippen LogP contribution in [0.4, 0.5) is 13.2 Å².